The maximum absolute atomic E-state index is 11.3. The summed E-state index contributed by atoms with van der Waals surface area (Å²) in [5.74, 6) is -0.114. The van der Waals surface area contributed by atoms with Gasteiger partial charge in [0.05, 0.1) is 0 Å². The molecule has 0 aromatic heterocycles. The lowest BCUT2D eigenvalue weighted by molar-refractivity contribution is -0.116. The minimum atomic E-state index is -0.114. The molecule has 0 aliphatic carbocycles. The number of amides is 1. The summed E-state index contributed by atoms with van der Waals surface area (Å²) in [5.41, 5.74) is 6.40. The molecule has 0 bridgehead atoms. The molecule has 3 N–H and O–H groups in total. The van der Waals surface area contributed by atoms with E-state index in [4.69, 9.17) is 5.73 Å². The molecule has 3 heteroatoms. The van der Waals surface area contributed by atoms with Gasteiger partial charge < -0.3 is 11.1 Å². The molecule has 1 amide bonds. The molecule has 0 saturated carbocycles. The average Bonchev–Trinajstić information content (AvgIpc) is 2.27. The average molecular weight is 204 g/mol. The molecule has 1 aromatic carbocycles. The highest BCUT2D eigenvalue weighted by atomic mass is 16.1. The van der Waals surface area contributed by atoms with Gasteiger partial charge in [-0.05, 0) is 18.6 Å². The number of rotatable bonds is 4. The molecule has 0 radical (unpaired) electrons. The molecule has 0 fully saturated rings. The van der Waals surface area contributed by atoms with Gasteiger partial charge in [-0.1, -0.05) is 30.3 Å². The molecule has 0 heterocycles. The minimum Gasteiger partial charge on any atom is -0.349 e. The van der Waals surface area contributed by atoms with E-state index in [2.05, 4.69) is 5.32 Å². The van der Waals surface area contributed by atoms with E-state index < -0.39 is 0 Å². The number of hydrogen-bond donors (Lipinski definition) is 2. The predicted molar refractivity (Wildman–Crippen MR) is 62.1 cm³/mol. The second-order valence-electron chi connectivity index (χ2n) is 3.39. The second-order valence-corrected chi connectivity index (χ2v) is 3.39. The van der Waals surface area contributed by atoms with Crippen LogP contribution in [0.15, 0.2) is 36.4 Å². The summed E-state index contributed by atoms with van der Waals surface area (Å²) >= 11 is 0. The molecule has 0 saturated heterocycles. The van der Waals surface area contributed by atoms with Gasteiger partial charge in [0.1, 0.15) is 0 Å². The fraction of sp³-hybridized carbons (Fsp3) is 0.250. The lowest BCUT2D eigenvalue weighted by atomic mass is 10.2. The number of hydrogen-bond acceptors (Lipinski definition) is 2. The van der Waals surface area contributed by atoms with Gasteiger partial charge in [-0.3, -0.25) is 4.79 Å². The number of nitrogens with one attached hydrogen (secondary N) is 1. The highest BCUT2D eigenvalue weighted by Crippen LogP contribution is 2.00. The van der Waals surface area contributed by atoms with Gasteiger partial charge in [0.15, 0.2) is 0 Å². The van der Waals surface area contributed by atoms with E-state index in [0.29, 0.717) is 6.54 Å². The van der Waals surface area contributed by atoms with Crippen molar-refractivity contribution < 1.29 is 4.79 Å². The summed E-state index contributed by atoms with van der Waals surface area (Å²) in [6, 6.07) is 9.69. The van der Waals surface area contributed by atoms with Crippen LogP contribution >= 0.6 is 0 Å². The Balaban J connectivity index is 2.48. The van der Waals surface area contributed by atoms with Gasteiger partial charge in [-0.2, -0.15) is 0 Å². The third kappa shape index (κ3) is 4.42. The smallest absolute Gasteiger partial charge is 0.244 e. The van der Waals surface area contributed by atoms with Crippen molar-refractivity contribution in [1.82, 2.24) is 5.32 Å². The van der Waals surface area contributed by atoms with Crippen molar-refractivity contribution in [2.24, 2.45) is 5.73 Å². The molecule has 80 valence electrons. The first kappa shape index (κ1) is 11.5. The number of benzene rings is 1. The first-order valence-corrected chi connectivity index (χ1v) is 4.96. The SMILES string of the molecule is C[C@H](CN)NC(=O)/C=C/c1ccccc1. The topological polar surface area (TPSA) is 55.1 Å². The van der Waals surface area contributed by atoms with Crippen LogP contribution < -0.4 is 11.1 Å². The van der Waals surface area contributed by atoms with Crippen LogP contribution in [0.3, 0.4) is 0 Å². The van der Waals surface area contributed by atoms with Gasteiger partial charge in [0.25, 0.3) is 0 Å². The predicted octanol–water partition coefficient (Wildman–Crippen LogP) is 1.16. The van der Waals surface area contributed by atoms with Crippen LogP contribution in [-0.4, -0.2) is 18.5 Å². The van der Waals surface area contributed by atoms with Crippen molar-refractivity contribution in [2.75, 3.05) is 6.54 Å². The summed E-state index contributed by atoms with van der Waals surface area (Å²) in [5, 5.41) is 2.75. The molecular formula is C12H16N2O. The Morgan fingerprint density at radius 3 is 2.73 bits per heavy atom. The lowest BCUT2D eigenvalue weighted by Gasteiger charge is -2.08. The van der Waals surface area contributed by atoms with Gasteiger partial charge in [-0.15, -0.1) is 0 Å². The largest absolute Gasteiger partial charge is 0.349 e. The fourth-order valence-corrected chi connectivity index (χ4v) is 1.09. The van der Waals surface area contributed by atoms with Gasteiger partial charge in [0.2, 0.25) is 5.91 Å². The Labute approximate surface area is 90.0 Å². The van der Waals surface area contributed by atoms with Crippen LogP contribution in [-0.2, 0) is 4.79 Å². The van der Waals surface area contributed by atoms with E-state index in [0.717, 1.165) is 5.56 Å². The van der Waals surface area contributed by atoms with Crippen molar-refractivity contribution in [3.8, 4) is 0 Å². The van der Waals surface area contributed by atoms with Crippen molar-refractivity contribution in [1.29, 1.82) is 0 Å². The van der Waals surface area contributed by atoms with Crippen molar-refractivity contribution in [2.45, 2.75) is 13.0 Å². The van der Waals surface area contributed by atoms with E-state index in [9.17, 15) is 4.79 Å². The van der Waals surface area contributed by atoms with Gasteiger partial charge >= 0.3 is 0 Å². The quantitative estimate of drug-likeness (QED) is 0.723. The Kier molecular flexibility index (Phi) is 4.57. The van der Waals surface area contributed by atoms with Crippen molar-refractivity contribution >= 4 is 12.0 Å². The normalized spacial score (nSPS) is 12.7. The van der Waals surface area contributed by atoms with Crippen LogP contribution in [0, 0.1) is 0 Å². The summed E-state index contributed by atoms with van der Waals surface area (Å²) in [6.07, 6.45) is 3.29. The van der Waals surface area contributed by atoms with Gasteiger partial charge in [-0.25, -0.2) is 0 Å². The maximum atomic E-state index is 11.3. The maximum Gasteiger partial charge on any atom is 0.244 e. The Morgan fingerprint density at radius 2 is 2.13 bits per heavy atom. The highest BCUT2D eigenvalue weighted by molar-refractivity contribution is 5.91. The summed E-state index contributed by atoms with van der Waals surface area (Å²) < 4.78 is 0. The number of carbonyl (C=O) groups excluding carboxylic acids is 1. The number of carbonyl (C=O) groups is 1. The van der Waals surface area contributed by atoms with Gasteiger partial charge in [0, 0.05) is 18.7 Å². The zero-order valence-electron chi connectivity index (χ0n) is 8.81. The summed E-state index contributed by atoms with van der Waals surface area (Å²) in [7, 11) is 0. The van der Waals surface area contributed by atoms with Crippen molar-refractivity contribution in [3.63, 3.8) is 0 Å². The molecule has 1 aromatic rings. The molecule has 0 aliphatic heterocycles. The van der Waals surface area contributed by atoms with Crippen molar-refractivity contribution in [3.05, 3.63) is 42.0 Å². The highest BCUT2D eigenvalue weighted by Gasteiger charge is 2.00. The van der Waals surface area contributed by atoms with Crippen LogP contribution in [0.5, 0.6) is 0 Å². The monoisotopic (exact) mass is 204 g/mol. The van der Waals surface area contributed by atoms with Crippen LogP contribution in [0.4, 0.5) is 0 Å². The zero-order chi connectivity index (χ0) is 11.1. The Hall–Kier alpha value is -1.61. The molecule has 0 spiro atoms. The van der Waals surface area contributed by atoms with E-state index in [-0.39, 0.29) is 11.9 Å². The summed E-state index contributed by atoms with van der Waals surface area (Å²) in [6.45, 7) is 2.32. The van der Waals surface area contributed by atoms with Crippen LogP contribution in [0.2, 0.25) is 0 Å². The Bertz CT molecular complexity index is 333. The first-order valence-electron chi connectivity index (χ1n) is 4.96. The number of nitrogens with two attached hydrogens (primary N) is 1. The summed E-state index contributed by atoms with van der Waals surface area (Å²) in [4.78, 5) is 11.3. The molecule has 1 rings (SSSR count). The third-order valence-electron chi connectivity index (χ3n) is 1.97. The van der Waals surface area contributed by atoms with E-state index >= 15 is 0 Å². The van der Waals surface area contributed by atoms with E-state index in [1.165, 1.54) is 6.08 Å². The van der Waals surface area contributed by atoms with Crippen LogP contribution in [0.25, 0.3) is 6.08 Å². The first-order chi connectivity index (χ1) is 7.22. The molecule has 3 nitrogen and oxygen atoms in total. The zero-order valence-corrected chi connectivity index (χ0v) is 8.81. The van der Waals surface area contributed by atoms with E-state index in [1.807, 2.05) is 37.3 Å². The Morgan fingerprint density at radius 1 is 1.47 bits per heavy atom. The lowest BCUT2D eigenvalue weighted by Crippen LogP contribution is -2.36. The fourth-order valence-electron chi connectivity index (χ4n) is 1.09. The minimum absolute atomic E-state index is 0.0120. The molecule has 0 unspecified atom stereocenters. The standard InChI is InChI=1S/C12H16N2O/c1-10(9-13)14-12(15)8-7-11-5-3-2-4-6-11/h2-8,10H,9,13H2,1H3,(H,14,15)/b8-7+/t10-/m1/s1. The van der Waals surface area contributed by atoms with E-state index in [1.54, 1.807) is 6.08 Å². The molecule has 1 atom stereocenters. The third-order valence-corrected chi connectivity index (χ3v) is 1.97. The van der Waals surface area contributed by atoms with Crippen LogP contribution in [0.1, 0.15) is 12.5 Å². The molecular weight excluding hydrogens is 188 g/mol. The molecule has 15 heavy (non-hydrogen) atoms. The molecule has 0 aliphatic rings. The second kappa shape index (κ2) is 5.98.